The van der Waals surface area contributed by atoms with E-state index in [-0.39, 0.29) is 0 Å². The molecule has 0 saturated carbocycles. The van der Waals surface area contributed by atoms with Crippen LogP contribution in [-0.2, 0) is 14.4 Å². The molecule has 10 nitrogen and oxygen atoms in total. The number of carboxylic acids is 3. The van der Waals surface area contributed by atoms with Crippen LogP contribution in [0.1, 0.15) is 27.7 Å². The normalized spacial score (nSPS) is 14.9. The zero-order valence-corrected chi connectivity index (χ0v) is 16.6. The van der Waals surface area contributed by atoms with Gasteiger partial charge < -0.3 is 26.0 Å². The maximum atomic E-state index is 11.4. The third-order valence-electron chi connectivity index (χ3n) is 4.53. The van der Waals surface area contributed by atoms with Crippen molar-refractivity contribution >= 4 is 17.9 Å². The van der Waals surface area contributed by atoms with Crippen molar-refractivity contribution in [3.63, 3.8) is 0 Å². The molecule has 0 fully saturated rings. The Labute approximate surface area is 160 Å². The minimum Gasteiger partial charge on any atom is -0.480 e. The Balaban J connectivity index is 4.85. The van der Waals surface area contributed by atoms with Crippen LogP contribution >= 0.6 is 0 Å². The number of carbonyl (C=O) groups is 3. The second-order valence-corrected chi connectivity index (χ2v) is 6.47. The number of nitrogens with zero attached hydrogens (tertiary/aromatic N) is 2. The van der Waals surface area contributed by atoms with Gasteiger partial charge in [0.25, 0.3) is 0 Å². The van der Waals surface area contributed by atoms with Crippen LogP contribution in [0.4, 0.5) is 0 Å². The van der Waals surface area contributed by atoms with Crippen LogP contribution in [0.2, 0.25) is 0 Å². The standard InChI is InChI=1S/C17H34N4O6/c1-5-18-6-8-20(13(3)16(24)25)10-11-21(14(4)17(26)27)9-7-19-12(2)15(22)23/h12-14,18-19H,5-11H2,1-4H3,(H,22,23)(H,24,25)(H,26,27). The topological polar surface area (TPSA) is 142 Å². The van der Waals surface area contributed by atoms with Gasteiger partial charge in [-0.05, 0) is 27.3 Å². The molecule has 0 bridgehead atoms. The van der Waals surface area contributed by atoms with Gasteiger partial charge in [-0.15, -0.1) is 0 Å². The maximum Gasteiger partial charge on any atom is 0.320 e. The molecular formula is C17H34N4O6. The van der Waals surface area contributed by atoms with E-state index >= 15 is 0 Å². The van der Waals surface area contributed by atoms with Gasteiger partial charge in [0.2, 0.25) is 0 Å². The molecule has 0 spiro atoms. The maximum absolute atomic E-state index is 11.4. The smallest absolute Gasteiger partial charge is 0.320 e. The van der Waals surface area contributed by atoms with Crippen molar-refractivity contribution in [1.82, 2.24) is 20.4 Å². The fourth-order valence-electron chi connectivity index (χ4n) is 2.48. The third-order valence-corrected chi connectivity index (χ3v) is 4.53. The van der Waals surface area contributed by atoms with Crippen molar-refractivity contribution in [2.75, 3.05) is 45.8 Å². The summed E-state index contributed by atoms with van der Waals surface area (Å²) in [5, 5.41) is 33.5. The van der Waals surface area contributed by atoms with E-state index in [1.165, 1.54) is 6.92 Å². The first-order valence-electron chi connectivity index (χ1n) is 9.22. The molecule has 27 heavy (non-hydrogen) atoms. The van der Waals surface area contributed by atoms with Gasteiger partial charge in [-0.1, -0.05) is 6.92 Å². The van der Waals surface area contributed by atoms with Crippen LogP contribution in [-0.4, -0.2) is 107 Å². The first-order chi connectivity index (χ1) is 12.6. The van der Waals surface area contributed by atoms with Crippen LogP contribution in [0, 0.1) is 0 Å². The second-order valence-electron chi connectivity index (χ2n) is 6.47. The Bertz CT molecular complexity index is 476. The van der Waals surface area contributed by atoms with Gasteiger partial charge in [-0.3, -0.25) is 24.2 Å². The summed E-state index contributed by atoms with van der Waals surface area (Å²) in [5.41, 5.74) is 0. The van der Waals surface area contributed by atoms with Crippen LogP contribution in [0.3, 0.4) is 0 Å². The summed E-state index contributed by atoms with van der Waals surface area (Å²) in [4.78, 5) is 37.1. The summed E-state index contributed by atoms with van der Waals surface area (Å²) in [5.74, 6) is -2.88. The first-order valence-corrected chi connectivity index (χ1v) is 9.22. The lowest BCUT2D eigenvalue weighted by atomic mass is 10.2. The second kappa shape index (κ2) is 13.4. The molecule has 0 aliphatic carbocycles. The van der Waals surface area contributed by atoms with Gasteiger partial charge in [0.05, 0.1) is 0 Å². The SMILES string of the molecule is CCNCCN(CCN(CCNC(C)C(=O)O)C(C)C(=O)O)C(C)C(=O)O. The van der Waals surface area contributed by atoms with Crippen LogP contribution in [0.5, 0.6) is 0 Å². The zero-order chi connectivity index (χ0) is 21.0. The number of hydrogen-bond acceptors (Lipinski definition) is 7. The lowest BCUT2D eigenvalue weighted by molar-refractivity contribution is -0.145. The van der Waals surface area contributed by atoms with E-state index in [1.54, 1.807) is 23.6 Å². The number of hydrogen-bond donors (Lipinski definition) is 5. The van der Waals surface area contributed by atoms with Crippen molar-refractivity contribution in [3.05, 3.63) is 0 Å². The van der Waals surface area contributed by atoms with E-state index in [0.717, 1.165) is 6.54 Å². The highest BCUT2D eigenvalue weighted by molar-refractivity contribution is 5.73. The molecule has 0 amide bonds. The predicted molar refractivity (Wildman–Crippen MR) is 101 cm³/mol. The summed E-state index contributed by atoms with van der Waals surface area (Å²) in [6.45, 7) is 10.0. The molecular weight excluding hydrogens is 356 g/mol. The van der Waals surface area contributed by atoms with Gasteiger partial charge in [0.15, 0.2) is 0 Å². The molecule has 0 saturated heterocycles. The first kappa shape index (κ1) is 25.2. The van der Waals surface area contributed by atoms with Crippen molar-refractivity contribution in [1.29, 1.82) is 0 Å². The monoisotopic (exact) mass is 390 g/mol. The van der Waals surface area contributed by atoms with E-state index in [1.807, 2.05) is 6.92 Å². The molecule has 0 heterocycles. The van der Waals surface area contributed by atoms with Crippen LogP contribution < -0.4 is 10.6 Å². The molecule has 0 aromatic carbocycles. The van der Waals surface area contributed by atoms with E-state index in [4.69, 9.17) is 5.11 Å². The average molecular weight is 390 g/mol. The van der Waals surface area contributed by atoms with E-state index in [0.29, 0.717) is 39.3 Å². The fraction of sp³-hybridized carbons (Fsp3) is 0.824. The predicted octanol–water partition coefficient (Wildman–Crippen LogP) is -0.791. The lowest BCUT2D eigenvalue weighted by Crippen LogP contribution is -2.50. The summed E-state index contributed by atoms with van der Waals surface area (Å²) < 4.78 is 0. The highest BCUT2D eigenvalue weighted by atomic mass is 16.4. The van der Waals surface area contributed by atoms with Crippen molar-refractivity contribution in [3.8, 4) is 0 Å². The number of aliphatic carboxylic acids is 3. The van der Waals surface area contributed by atoms with Crippen molar-refractivity contribution < 1.29 is 29.7 Å². The summed E-state index contributed by atoms with van der Waals surface area (Å²) in [6, 6.07) is -2.17. The molecule has 5 N–H and O–H groups in total. The van der Waals surface area contributed by atoms with Gasteiger partial charge in [0.1, 0.15) is 18.1 Å². The van der Waals surface area contributed by atoms with E-state index < -0.39 is 36.0 Å². The molecule has 3 unspecified atom stereocenters. The number of nitrogens with one attached hydrogen (secondary N) is 2. The minimum absolute atomic E-state index is 0.316. The molecule has 158 valence electrons. The van der Waals surface area contributed by atoms with Crippen LogP contribution in [0.25, 0.3) is 0 Å². The Morgan fingerprint density at radius 2 is 1.22 bits per heavy atom. The molecule has 3 atom stereocenters. The Morgan fingerprint density at radius 1 is 0.778 bits per heavy atom. The highest BCUT2D eigenvalue weighted by Gasteiger charge is 2.24. The van der Waals surface area contributed by atoms with Gasteiger partial charge in [-0.2, -0.15) is 0 Å². The fourth-order valence-corrected chi connectivity index (χ4v) is 2.48. The number of rotatable bonds is 16. The quantitative estimate of drug-likeness (QED) is 0.213. The molecule has 10 heteroatoms. The molecule has 0 aliphatic heterocycles. The number of carboxylic acid groups (broad SMARTS) is 3. The van der Waals surface area contributed by atoms with E-state index in [2.05, 4.69) is 10.6 Å². The summed E-state index contributed by atoms with van der Waals surface area (Å²) >= 11 is 0. The molecule has 0 rings (SSSR count). The molecule has 0 aromatic rings. The Kier molecular flexibility index (Phi) is 12.6. The Hall–Kier alpha value is -1.75. The molecule has 0 radical (unpaired) electrons. The Morgan fingerprint density at radius 3 is 1.59 bits per heavy atom. The van der Waals surface area contributed by atoms with E-state index in [9.17, 15) is 24.6 Å². The number of likely N-dealkylation sites (N-methyl/N-ethyl adjacent to an activating group) is 1. The third kappa shape index (κ3) is 10.2. The van der Waals surface area contributed by atoms with Crippen molar-refractivity contribution in [2.24, 2.45) is 0 Å². The average Bonchev–Trinajstić information content (AvgIpc) is 2.61. The molecule has 0 aromatic heterocycles. The summed E-state index contributed by atoms with van der Waals surface area (Å²) in [6.07, 6.45) is 0. The van der Waals surface area contributed by atoms with Gasteiger partial charge in [0, 0.05) is 39.3 Å². The zero-order valence-electron chi connectivity index (χ0n) is 16.6. The largest absolute Gasteiger partial charge is 0.480 e. The minimum atomic E-state index is -0.980. The van der Waals surface area contributed by atoms with Crippen LogP contribution in [0.15, 0.2) is 0 Å². The molecule has 0 aliphatic rings. The highest BCUT2D eigenvalue weighted by Crippen LogP contribution is 2.04. The summed E-state index contributed by atoms with van der Waals surface area (Å²) in [7, 11) is 0. The van der Waals surface area contributed by atoms with Crippen molar-refractivity contribution in [2.45, 2.75) is 45.8 Å². The lowest BCUT2D eigenvalue weighted by Gasteiger charge is -2.32. The van der Waals surface area contributed by atoms with Gasteiger partial charge in [-0.25, -0.2) is 0 Å². The van der Waals surface area contributed by atoms with Gasteiger partial charge >= 0.3 is 17.9 Å².